The van der Waals surface area contributed by atoms with Crippen LogP contribution in [0.4, 0.5) is 0 Å². The standard InChI is InChI=1S/C18H20N2O5/c1-25-18(24)13-10-20(7-6-16(13)21)15(17(22)23)8-11-9-19-14-5-3-2-4-12(11)14/h2-5,9,13,15,19H,6-8,10H2,1H3,(H,22,23)/t13?,15-/m1/s1. The molecule has 2 atom stereocenters. The lowest BCUT2D eigenvalue weighted by Crippen LogP contribution is -2.52. The van der Waals surface area contributed by atoms with Crippen LogP contribution in [0, 0.1) is 5.92 Å². The van der Waals surface area contributed by atoms with Gasteiger partial charge in [-0.05, 0) is 11.6 Å². The van der Waals surface area contributed by atoms with Gasteiger partial charge in [0.25, 0.3) is 0 Å². The summed E-state index contributed by atoms with van der Waals surface area (Å²) in [4.78, 5) is 40.4. The van der Waals surface area contributed by atoms with E-state index in [2.05, 4.69) is 9.72 Å². The second-order valence-electron chi connectivity index (χ2n) is 6.20. The van der Waals surface area contributed by atoms with Gasteiger partial charge in [-0.15, -0.1) is 0 Å². The summed E-state index contributed by atoms with van der Waals surface area (Å²) in [6.07, 6.45) is 2.26. The van der Waals surface area contributed by atoms with Crippen LogP contribution in [0.25, 0.3) is 10.9 Å². The summed E-state index contributed by atoms with van der Waals surface area (Å²) in [5.41, 5.74) is 1.84. The molecule has 2 heterocycles. The summed E-state index contributed by atoms with van der Waals surface area (Å²) >= 11 is 0. The Kier molecular flexibility index (Phi) is 4.85. The number of ether oxygens (including phenoxy) is 1. The van der Waals surface area contributed by atoms with E-state index in [4.69, 9.17) is 0 Å². The number of likely N-dealkylation sites (tertiary alicyclic amines) is 1. The zero-order valence-corrected chi connectivity index (χ0v) is 13.9. The van der Waals surface area contributed by atoms with Crippen molar-refractivity contribution in [2.45, 2.75) is 18.9 Å². The molecule has 7 heteroatoms. The fourth-order valence-corrected chi connectivity index (χ4v) is 3.37. The van der Waals surface area contributed by atoms with Crippen molar-refractivity contribution in [3.8, 4) is 0 Å². The smallest absolute Gasteiger partial charge is 0.321 e. The number of carbonyl (C=O) groups excluding carboxylic acids is 2. The lowest BCUT2D eigenvalue weighted by atomic mass is 9.93. The van der Waals surface area contributed by atoms with Gasteiger partial charge in [-0.2, -0.15) is 0 Å². The first-order valence-corrected chi connectivity index (χ1v) is 8.13. The zero-order chi connectivity index (χ0) is 18.0. The molecule has 25 heavy (non-hydrogen) atoms. The minimum atomic E-state index is -0.969. The Bertz CT molecular complexity index is 805. The number of carbonyl (C=O) groups is 3. The molecule has 1 fully saturated rings. The summed E-state index contributed by atoms with van der Waals surface area (Å²) in [5, 5.41) is 10.7. The Morgan fingerprint density at radius 3 is 2.88 bits per heavy atom. The number of nitrogens with zero attached hydrogens (tertiary/aromatic N) is 1. The molecule has 1 aromatic carbocycles. The molecule has 0 amide bonds. The van der Waals surface area contributed by atoms with E-state index in [1.54, 1.807) is 4.90 Å². The third-order valence-corrected chi connectivity index (χ3v) is 4.75. The van der Waals surface area contributed by atoms with Crippen LogP contribution in [0.2, 0.25) is 0 Å². The predicted molar refractivity (Wildman–Crippen MR) is 90.1 cm³/mol. The number of benzene rings is 1. The SMILES string of the molecule is COC(=O)C1CN([C@H](Cc2c[nH]c3ccccc23)C(=O)O)CCC1=O. The van der Waals surface area contributed by atoms with E-state index >= 15 is 0 Å². The van der Waals surface area contributed by atoms with Gasteiger partial charge in [-0.25, -0.2) is 0 Å². The van der Waals surface area contributed by atoms with Crippen LogP contribution in [0.5, 0.6) is 0 Å². The number of carboxylic acid groups (broad SMARTS) is 1. The molecule has 132 valence electrons. The molecule has 1 aliphatic rings. The number of fused-ring (bicyclic) bond motifs is 1. The van der Waals surface area contributed by atoms with Crippen molar-refractivity contribution >= 4 is 28.6 Å². The Labute approximate surface area is 144 Å². The molecule has 7 nitrogen and oxygen atoms in total. The number of rotatable bonds is 5. The molecule has 1 aliphatic heterocycles. The molecule has 3 rings (SSSR count). The van der Waals surface area contributed by atoms with Gasteiger partial charge in [0.05, 0.1) is 7.11 Å². The number of esters is 1. The van der Waals surface area contributed by atoms with Crippen LogP contribution >= 0.6 is 0 Å². The van der Waals surface area contributed by atoms with Crippen molar-refractivity contribution in [1.82, 2.24) is 9.88 Å². The first kappa shape index (κ1) is 17.2. The number of piperidine rings is 1. The number of aromatic amines is 1. The van der Waals surface area contributed by atoms with Crippen LogP contribution in [-0.2, 0) is 25.5 Å². The molecular formula is C18H20N2O5. The summed E-state index contributed by atoms with van der Waals surface area (Å²) in [7, 11) is 1.23. The summed E-state index contributed by atoms with van der Waals surface area (Å²) in [5.74, 6) is -2.68. The molecule has 0 spiro atoms. The highest BCUT2D eigenvalue weighted by molar-refractivity contribution is 6.00. The number of carboxylic acids is 1. The number of para-hydroxylation sites is 1. The topological polar surface area (TPSA) is 99.7 Å². The van der Waals surface area contributed by atoms with Gasteiger partial charge in [0, 0.05) is 43.0 Å². The Balaban J connectivity index is 1.82. The molecule has 1 saturated heterocycles. The van der Waals surface area contributed by atoms with Gasteiger partial charge < -0.3 is 14.8 Å². The molecule has 0 bridgehead atoms. The van der Waals surface area contributed by atoms with Crippen molar-refractivity contribution in [2.75, 3.05) is 20.2 Å². The van der Waals surface area contributed by atoms with E-state index in [1.165, 1.54) is 7.11 Å². The van der Waals surface area contributed by atoms with Gasteiger partial charge in [-0.1, -0.05) is 18.2 Å². The Morgan fingerprint density at radius 2 is 2.16 bits per heavy atom. The molecule has 0 saturated carbocycles. The highest BCUT2D eigenvalue weighted by Crippen LogP contribution is 2.23. The molecule has 0 radical (unpaired) electrons. The molecule has 2 aromatic rings. The number of hydrogen-bond acceptors (Lipinski definition) is 5. The number of methoxy groups -OCH3 is 1. The van der Waals surface area contributed by atoms with E-state index in [-0.39, 0.29) is 18.7 Å². The van der Waals surface area contributed by atoms with Crippen LogP contribution in [0.3, 0.4) is 0 Å². The third-order valence-electron chi connectivity index (χ3n) is 4.75. The Morgan fingerprint density at radius 1 is 1.40 bits per heavy atom. The second kappa shape index (κ2) is 7.06. The fraction of sp³-hybridized carbons (Fsp3) is 0.389. The fourth-order valence-electron chi connectivity index (χ4n) is 3.37. The quantitative estimate of drug-likeness (QED) is 0.625. The van der Waals surface area contributed by atoms with Crippen LogP contribution in [0.1, 0.15) is 12.0 Å². The van der Waals surface area contributed by atoms with E-state index in [9.17, 15) is 19.5 Å². The molecule has 2 N–H and O–H groups in total. The van der Waals surface area contributed by atoms with Gasteiger partial charge in [-0.3, -0.25) is 19.3 Å². The monoisotopic (exact) mass is 344 g/mol. The summed E-state index contributed by atoms with van der Waals surface area (Å²) in [6, 6.07) is 6.88. The van der Waals surface area contributed by atoms with Crippen molar-refractivity contribution in [1.29, 1.82) is 0 Å². The minimum Gasteiger partial charge on any atom is -0.480 e. The maximum atomic E-state index is 11.9. The zero-order valence-electron chi connectivity index (χ0n) is 13.9. The number of H-pyrrole nitrogens is 1. The number of Topliss-reactive ketones (excluding diaryl/α,β-unsaturated/α-hetero) is 1. The highest BCUT2D eigenvalue weighted by atomic mass is 16.5. The lowest BCUT2D eigenvalue weighted by Gasteiger charge is -2.34. The maximum absolute atomic E-state index is 11.9. The van der Waals surface area contributed by atoms with Crippen LogP contribution in [0.15, 0.2) is 30.5 Å². The minimum absolute atomic E-state index is 0.0742. The molecule has 1 aromatic heterocycles. The molecular weight excluding hydrogens is 324 g/mol. The van der Waals surface area contributed by atoms with Gasteiger partial charge in [0.1, 0.15) is 17.7 Å². The number of aliphatic carboxylic acids is 1. The van der Waals surface area contributed by atoms with E-state index < -0.39 is 23.9 Å². The first-order chi connectivity index (χ1) is 12.0. The van der Waals surface area contributed by atoms with Crippen molar-refractivity contribution in [3.63, 3.8) is 0 Å². The van der Waals surface area contributed by atoms with E-state index in [1.807, 2.05) is 30.5 Å². The summed E-state index contributed by atoms with van der Waals surface area (Å²) in [6.45, 7) is 0.399. The maximum Gasteiger partial charge on any atom is 0.321 e. The largest absolute Gasteiger partial charge is 0.480 e. The van der Waals surface area contributed by atoms with E-state index in [0.29, 0.717) is 13.0 Å². The first-order valence-electron chi connectivity index (χ1n) is 8.13. The average molecular weight is 344 g/mol. The van der Waals surface area contributed by atoms with Gasteiger partial charge in [0.15, 0.2) is 0 Å². The van der Waals surface area contributed by atoms with E-state index in [0.717, 1.165) is 16.5 Å². The average Bonchev–Trinajstić information content (AvgIpc) is 3.02. The molecule has 0 aliphatic carbocycles. The Hall–Kier alpha value is -2.67. The predicted octanol–water partition coefficient (Wildman–Crippen LogP) is 1.23. The van der Waals surface area contributed by atoms with Gasteiger partial charge >= 0.3 is 11.9 Å². The number of aromatic nitrogens is 1. The number of nitrogens with one attached hydrogen (secondary N) is 1. The number of hydrogen-bond donors (Lipinski definition) is 2. The summed E-state index contributed by atoms with van der Waals surface area (Å²) < 4.78 is 4.67. The van der Waals surface area contributed by atoms with Crippen molar-refractivity contribution in [3.05, 3.63) is 36.0 Å². The highest BCUT2D eigenvalue weighted by Gasteiger charge is 2.38. The normalized spacial score (nSPS) is 19.7. The van der Waals surface area contributed by atoms with Crippen molar-refractivity contribution < 1.29 is 24.2 Å². The van der Waals surface area contributed by atoms with Crippen LogP contribution < -0.4 is 0 Å². The molecule has 1 unspecified atom stereocenters. The second-order valence-corrected chi connectivity index (χ2v) is 6.20. The van der Waals surface area contributed by atoms with Crippen LogP contribution in [-0.4, -0.2) is 59.0 Å². The number of ketones is 1. The van der Waals surface area contributed by atoms with Crippen molar-refractivity contribution in [2.24, 2.45) is 5.92 Å². The lowest BCUT2D eigenvalue weighted by molar-refractivity contribution is -0.155. The third kappa shape index (κ3) is 3.41. The van der Waals surface area contributed by atoms with Gasteiger partial charge in [0.2, 0.25) is 0 Å².